The highest BCUT2D eigenvalue weighted by atomic mass is 16.2. The summed E-state index contributed by atoms with van der Waals surface area (Å²) in [6.07, 6.45) is 4.50. The van der Waals surface area contributed by atoms with E-state index in [1.165, 1.54) is 24.0 Å². The number of carbonyl (C=O) groups excluding carboxylic acids is 2. The van der Waals surface area contributed by atoms with E-state index < -0.39 is 0 Å². The van der Waals surface area contributed by atoms with Crippen molar-refractivity contribution in [2.45, 2.75) is 6.92 Å². The molecule has 2 aromatic rings. The zero-order valence-corrected chi connectivity index (χ0v) is 9.75. The number of benzene rings is 1. The van der Waals surface area contributed by atoms with Gasteiger partial charge >= 0.3 is 6.03 Å². The van der Waals surface area contributed by atoms with Crippen molar-refractivity contribution >= 4 is 23.3 Å². The van der Waals surface area contributed by atoms with Crippen LogP contribution >= 0.6 is 0 Å². The third kappa shape index (κ3) is 2.94. The first kappa shape index (κ1) is 11.8. The van der Waals surface area contributed by atoms with Gasteiger partial charge in [-0.1, -0.05) is 0 Å². The van der Waals surface area contributed by atoms with E-state index in [1.54, 1.807) is 30.5 Å². The van der Waals surface area contributed by atoms with E-state index in [9.17, 15) is 9.59 Å². The Morgan fingerprint density at radius 3 is 2.22 bits per heavy atom. The maximum Gasteiger partial charge on any atom is 0.331 e. The predicted octanol–water partition coefficient (Wildman–Crippen LogP) is 1.92. The van der Waals surface area contributed by atoms with Crippen LogP contribution in [-0.2, 0) is 4.79 Å². The molecule has 0 aliphatic carbocycles. The van der Waals surface area contributed by atoms with Crippen molar-refractivity contribution in [3.8, 4) is 0 Å². The van der Waals surface area contributed by atoms with Gasteiger partial charge in [-0.2, -0.15) is 0 Å². The maximum atomic E-state index is 11.7. The normalized spacial score (nSPS) is 9.83. The summed E-state index contributed by atoms with van der Waals surface area (Å²) in [7, 11) is 0. The molecule has 6 heteroatoms. The minimum atomic E-state index is -0.292. The lowest BCUT2D eigenvalue weighted by Crippen LogP contribution is -2.17. The van der Waals surface area contributed by atoms with Gasteiger partial charge in [0.05, 0.1) is 0 Å². The van der Waals surface area contributed by atoms with E-state index in [1.807, 2.05) is 0 Å². The number of nitrogens with zero attached hydrogens (tertiary/aromatic N) is 2. The molecule has 0 spiro atoms. The van der Waals surface area contributed by atoms with E-state index in [2.05, 4.69) is 15.6 Å². The van der Waals surface area contributed by atoms with Gasteiger partial charge < -0.3 is 10.6 Å². The number of hydrogen-bond donors (Lipinski definition) is 2. The number of nitrogens with one attached hydrogen (secondary N) is 2. The van der Waals surface area contributed by atoms with Gasteiger partial charge in [-0.3, -0.25) is 9.36 Å². The molecule has 0 radical (unpaired) electrons. The number of anilines is 2. The zero-order valence-electron chi connectivity index (χ0n) is 9.75. The average Bonchev–Trinajstić information content (AvgIpc) is 2.84. The lowest BCUT2D eigenvalue weighted by molar-refractivity contribution is -0.114. The summed E-state index contributed by atoms with van der Waals surface area (Å²) in [5.41, 5.74) is 1.32. The summed E-state index contributed by atoms with van der Waals surface area (Å²) in [5, 5.41) is 5.34. The van der Waals surface area contributed by atoms with Crippen molar-refractivity contribution < 1.29 is 9.59 Å². The van der Waals surface area contributed by atoms with Crippen LogP contribution in [0.25, 0.3) is 0 Å². The topological polar surface area (TPSA) is 76.0 Å². The van der Waals surface area contributed by atoms with Crippen molar-refractivity contribution in [1.29, 1.82) is 0 Å². The Morgan fingerprint density at radius 2 is 1.72 bits per heavy atom. The third-order valence-electron chi connectivity index (χ3n) is 2.20. The van der Waals surface area contributed by atoms with E-state index in [0.717, 1.165) is 0 Å². The zero-order chi connectivity index (χ0) is 13.0. The van der Waals surface area contributed by atoms with Gasteiger partial charge in [0, 0.05) is 30.7 Å². The number of rotatable bonds is 2. The summed E-state index contributed by atoms with van der Waals surface area (Å²) >= 11 is 0. The van der Waals surface area contributed by atoms with E-state index in [4.69, 9.17) is 0 Å². The van der Waals surface area contributed by atoms with Crippen molar-refractivity contribution in [1.82, 2.24) is 9.55 Å². The molecule has 1 aromatic heterocycles. The first-order valence-electron chi connectivity index (χ1n) is 5.32. The molecule has 1 aromatic carbocycles. The van der Waals surface area contributed by atoms with Crippen molar-refractivity contribution in [2.24, 2.45) is 0 Å². The van der Waals surface area contributed by atoms with Gasteiger partial charge in [-0.25, -0.2) is 9.78 Å². The van der Waals surface area contributed by atoms with Crippen LogP contribution < -0.4 is 10.6 Å². The molecular formula is C12H12N4O2. The van der Waals surface area contributed by atoms with Crippen molar-refractivity contribution in [3.63, 3.8) is 0 Å². The average molecular weight is 244 g/mol. The van der Waals surface area contributed by atoms with Crippen LogP contribution in [0.15, 0.2) is 43.0 Å². The van der Waals surface area contributed by atoms with Crippen LogP contribution in [0.2, 0.25) is 0 Å². The summed E-state index contributed by atoms with van der Waals surface area (Å²) in [6.45, 7) is 1.44. The minimum absolute atomic E-state index is 0.134. The Bertz CT molecular complexity index is 546. The highest BCUT2D eigenvalue weighted by Gasteiger charge is 2.03. The predicted molar refractivity (Wildman–Crippen MR) is 67.4 cm³/mol. The molecule has 0 aliphatic rings. The van der Waals surface area contributed by atoms with Gasteiger partial charge in [0.2, 0.25) is 5.91 Å². The smallest absolute Gasteiger partial charge is 0.326 e. The van der Waals surface area contributed by atoms with Gasteiger partial charge in [0.25, 0.3) is 0 Å². The van der Waals surface area contributed by atoms with Crippen molar-refractivity contribution in [2.75, 3.05) is 10.6 Å². The molecule has 92 valence electrons. The fourth-order valence-corrected chi connectivity index (χ4v) is 1.41. The first-order valence-corrected chi connectivity index (χ1v) is 5.32. The number of hydrogen-bond acceptors (Lipinski definition) is 3. The largest absolute Gasteiger partial charge is 0.331 e. The van der Waals surface area contributed by atoms with Gasteiger partial charge in [0.1, 0.15) is 6.33 Å². The fourth-order valence-electron chi connectivity index (χ4n) is 1.41. The highest BCUT2D eigenvalue weighted by Crippen LogP contribution is 2.13. The number of amides is 2. The molecular weight excluding hydrogens is 232 g/mol. The SMILES string of the molecule is CC(=O)Nc1ccc(NC(=O)n2ccnc2)cc1. The van der Waals surface area contributed by atoms with Gasteiger partial charge in [-0.05, 0) is 24.3 Å². The van der Waals surface area contributed by atoms with E-state index in [0.29, 0.717) is 11.4 Å². The quantitative estimate of drug-likeness (QED) is 0.847. The summed E-state index contributed by atoms with van der Waals surface area (Å²) in [5.74, 6) is -0.134. The molecule has 0 bridgehead atoms. The Hall–Kier alpha value is -2.63. The van der Waals surface area contributed by atoms with E-state index >= 15 is 0 Å². The second-order valence-electron chi connectivity index (χ2n) is 3.66. The summed E-state index contributed by atoms with van der Waals surface area (Å²) in [6, 6.07) is 6.55. The molecule has 2 rings (SSSR count). The molecule has 0 unspecified atom stereocenters. The van der Waals surface area contributed by atoms with Crippen LogP contribution in [0.3, 0.4) is 0 Å². The Labute approximate surface area is 104 Å². The maximum absolute atomic E-state index is 11.7. The molecule has 2 N–H and O–H groups in total. The lowest BCUT2D eigenvalue weighted by Gasteiger charge is -2.06. The van der Waals surface area contributed by atoms with E-state index in [-0.39, 0.29) is 11.9 Å². The van der Waals surface area contributed by atoms with Crippen molar-refractivity contribution in [3.05, 3.63) is 43.0 Å². The molecule has 0 fully saturated rings. The monoisotopic (exact) mass is 244 g/mol. The van der Waals surface area contributed by atoms with Gasteiger partial charge in [-0.15, -0.1) is 0 Å². The summed E-state index contributed by atoms with van der Waals surface area (Å²) in [4.78, 5) is 26.3. The number of carbonyl (C=O) groups is 2. The Morgan fingerprint density at radius 1 is 1.11 bits per heavy atom. The van der Waals surface area contributed by atoms with Crippen LogP contribution in [0.4, 0.5) is 16.2 Å². The number of aromatic nitrogens is 2. The molecule has 1 heterocycles. The fraction of sp³-hybridized carbons (Fsp3) is 0.0833. The molecule has 2 amide bonds. The third-order valence-corrected chi connectivity index (χ3v) is 2.20. The lowest BCUT2D eigenvalue weighted by atomic mass is 10.3. The van der Waals surface area contributed by atoms with Crippen LogP contribution in [0, 0.1) is 0 Å². The Balaban J connectivity index is 2.02. The van der Waals surface area contributed by atoms with Gasteiger partial charge in [0.15, 0.2) is 0 Å². The molecule has 0 aliphatic heterocycles. The minimum Gasteiger partial charge on any atom is -0.326 e. The van der Waals surface area contributed by atoms with Crippen LogP contribution in [0.1, 0.15) is 6.92 Å². The van der Waals surface area contributed by atoms with Crippen LogP contribution in [0.5, 0.6) is 0 Å². The standard InChI is InChI=1S/C12H12N4O2/c1-9(17)14-10-2-4-11(5-3-10)15-12(18)16-7-6-13-8-16/h2-8H,1H3,(H,14,17)(H,15,18). The first-order chi connectivity index (χ1) is 8.65. The number of imidazole rings is 1. The second-order valence-corrected chi connectivity index (χ2v) is 3.66. The molecule has 18 heavy (non-hydrogen) atoms. The molecule has 0 saturated heterocycles. The molecule has 0 saturated carbocycles. The Kier molecular flexibility index (Phi) is 3.38. The molecule has 0 atom stereocenters. The summed E-state index contributed by atoms with van der Waals surface area (Å²) < 4.78 is 1.34. The second kappa shape index (κ2) is 5.13. The highest BCUT2D eigenvalue weighted by molar-refractivity contribution is 5.92. The van der Waals surface area contributed by atoms with Crippen LogP contribution in [-0.4, -0.2) is 21.5 Å². The molecule has 6 nitrogen and oxygen atoms in total.